The minimum absolute atomic E-state index is 0.621. The number of nitrogens with two attached hydrogens (primary N) is 1. The van der Waals surface area contributed by atoms with Gasteiger partial charge in [0.25, 0.3) is 0 Å². The van der Waals surface area contributed by atoms with E-state index in [4.69, 9.17) is 18.0 Å². The molecule has 12 heavy (non-hydrogen) atoms. The highest BCUT2D eigenvalue weighted by Crippen LogP contribution is 2.20. The van der Waals surface area contributed by atoms with E-state index in [9.17, 15) is 0 Å². The quantitative estimate of drug-likeness (QED) is 0.661. The van der Waals surface area contributed by atoms with Crippen molar-refractivity contribution in [1.82, 2.24) is 4.90 Å². The van der Waals surface area contributed by atoms with Crippen molar-refractivity contribution in [2.75, 3.05) is 13.1 Å². The average Bonchev–Trinajstić information content (AvgIpc) is 1.96. The van der Waals surface area contributed by atoms with Gasteiger partial charge in [-0.2, -0.15) is 0 Å². The first kappa shape index (κ1) is 9.93. The summed E-state index contributed by atoms with van der Waals surface area (Å²) < 4.78 is 0. The molecule has 1 saturated heterocycles. The maximum absolute atomic E-state index is 5.52. The van der Waals surface area contributed by atoms with Crippen molar-refractivity contribution < 1.29 is 0 Å². The molecule has 70 valence electrons. The maximum Gasteiger partial charge on any atom is 0.0870 e. The van der Waals surface area contributed by atoms with E-state index in [1.165, 1.54) is 12.8 Å². The van der Waals surface area contributed by atoms with Crippen LogP contribution in [0.2, 0.25) is 0 Å². The molecule has 3 heteroatoms. The summed E-state index contributed by atoms with van der Waals surface area (Å²) in [6.07, 6.45) is 2.62. The van der Waals surface area contributed by atoms with Gasteiger partial charge in [-0.05, 0) is 25.7 Å². The van der Waals surface area contributed by atoms with Crippen LogP contribution in [0.1, 0.15) is 26.7 Å². The maximum atomic E-state index is 5.52. The number of piperidine rings is 1. The Morgan fingerprint density at radius 3 is 2.75 bits per heavy atom. The van der Waals surface area contributed by atoms with Gasteiger partial charge in [-0.25, -0.2) is 0 Å². The number of likely N-dealkylation sites (tertiary alicyclic amines) is 1. The lowest BCUT2D eigenvalue weighted by Gasteiger charge is -2.36. The molecule has 0 spiro atoms. The van der Waals surface area contributed by atoms with Crippen LogP contribution >= 0.6 is 12.2 Å². The fourth-order valence-electron chi connectivity index (χ4n) is 1.80. The van der Waals surface area contributed by atoms with Gasteiger partial charge < -0.3 is 5.73 Å². The number of thiocarbonyl (C=S) groups is 1. The molecule has 1 rings (SSSR count). The third-order valence-electron chi connectivity index (χ3n) is 2.61. The molecule has 0 aromatic carbocycles. The predicted octanol–water partition coefficient (Wildman–Crippen LogP) is 1.39. The largest absolute Gasteiger partial charge is 0.392 e. The highest BCUT2D eigenvalue weighted by atomic mass is 32.1. The van der Waals surface area contributed by atoms with Crippen molar-refractivity contribution in [3.8, 4) is 0 Å². The molecule has 0 bridgehead atoms. The SMILES string of the molecule is CC1CCC(C)N(CC(N)=S)C1. The summed E-state index contributed by atoms with van der Waals surface area (Å²) in [5.74, 6) is 0.801. The Balaban J connectivity index is 2.43. The van der Waals surface area contributed by atoms with Crippen LogP contribution in [-0.4, -0.2) is 29.0 Å². The van der Waals surface area contributed by atoms with Gasteiger partial charge in [-0.3, -0.25) is 4.90 Å². The summed E-state index contributed by atoms with van der Waals surface area (Å²) in [6.45, 7) is 6.49. The van der Waals surface area contributed by atoms with E-state index < -0.39 is 0 Å². The molecule has 2 atom stereocenters. The zero-order valence-corrected chi connectivity index (χ0v) is 8.73. The second kappa shape index (κ2) is 4.19. The van der Waals surface area contributed by atoms with Gasteiger partial charge in [0.05, 0.1) is 4.99 Å². The fraction of sp³-hybridized carbons (Fsp3) is 0.889. The summed E-state index contributed by atoms with van der Waals surface area (Å²) in [5, 5.41) is 0. The van der Waals surface area contributed by atoms with Crippen LogP contribution in [0.25, 0.3) is 0 Å². The van der Waals surface area contributed by atoms with Crippen LogP contribution < -0.4 is 5.73 Å². The van der Waals surface area contributed by atoms with E-state index in [1.807, 2.05) is 0 Å². The van der Waals surface area contributed by atoms with Gasteiger partial charge in [0, 0.05) is 19.1 Å². The van der Waals surface area contributed by atoms with Gasteiger partial charge in [0.15, 0.2) is 0 Å². The summed E-state index contributed by atoms with van der Waals surface area (Å²) in [4.78, 5) is 3.01. The van der Waals surface area contributed by atoms with E-state index in [1.54, 1.807) is 0 Å². The van der Waals surface area contributed by atoms with Crippen molar-refractivity contribution in [1.29, 1.82) is 0 Å². The van der Waals surface area contributed by atoms with Crippen LogP contribution in [-0.2, 0) is 0 Å². The minimum Gasteiger partial charge on any atom is -0.392 e. The molecule has 1 aliphatic heterocycles. The van der Waals surface area contributed by atoms with Crippen LogP contribution in [0.3, 0.4) is 0 Å². The predicted molar refractivity (Wildman–Crippen MR) is 56.2 cm³/mol. The lowest BCUT2D eigenvalue weighted by molar-refractivity contribution is 0.145. The van der Waals surface area contributed by atoms with Gasteiger partial charge in [0.2, 0.25) is 0 Å². The molecule has 1 aliphatic rings. The van der Waals surface area contributed by atoms with Crippen LogP contribution in [0.5, 0.6) is 0 Å². The number of rotatable bonds is 2. The van der Waals surface area contributed by atoms with Crippen LogP contribution in [0, 0.1) is 5.92 Å². The third kappa shape index (κ3) is 2.72. The van der Waals surface area contributed by atoms with Gasteiger partial charge >= 0.3 is 0 Å². The second-order valence-electron chi connectivity index (χ2n) is 3.93. The first-order valence-electron chi connectivity index (χ1n) is 4.62. The van der Waals surface area contributed by atoms with Crippen molar-refractivity contribution in [2.24, 2.45) is 11.7 Å². The number of hydrogen-bond acceptors (Lipinski definition) is 2. The van der Waals surface area contributed by atoms with Crippen molar-refractivity contribution in [3.63, 3.8) is 0 Å². The molecule has 1 heterocycles. The Bertz CT molecular complexity index is 170. The van der Waals surface area contributed by atoms with E-state index in [0.717, 1.165) is 19.0 Å². The Morgan fingerprint density at radius 1 is 1.50 bits per heavy atom. The monoisotopic (exact) mass is 186 g/mol. The standard InChI is InChI=1S/C9H18N2S/c1-7-3-4-8(2)11(5-7)6-9(10)12/h7-8H,3-6H2,1-2H3,(H2,10,12). The molecule has 0 aliphatic carbocycles. The van der Waals surface area contributed by atoms with E-state index in [-0.39, 0.29) is 0 Å². The van der Waals surface area contributed by atoms with E-state index >= 15 is 0 Å². The van der Waals surface area contributed by atoms with E-state index in [2.05, 4.69) is 18.7 Å². The van der Waals surface area contributed by atoms with Crippen LogP contribution in [0.15, 0.2) is 0 Å². The van der Waals surface area contributed by atoms with Crippen LogP contribution in [0.4, 0.5) is 0 Å². The molecule has 0 aromatic heterocycles. The molecular formula is C9H18N2S. The topological polar surface area (TPSA) is 29.3 Å². The Morgan fingerprint density at radius 2 is 2.17 bits per heavy atom. The first-order valence-corrected chi connectivity index (χ1v) is 5.02. The molecule has 0 amide bonds. The fourth-order valence-corrected chi connectivity index (χ4v) is 1.97. The molecule has 2 N–H and O–H groups in total. The molecule has 2 unspecified atom stereocenters. The summed E-state index contributed by atoms with van der Waals surface area (Å²) in [5.41, 5.74) is 5.52. The van der Waals surface area contributed by atoms with Gasteiger partial charge in [0.1, 0.15) is 0 Å². The highest BCUT2D eigenvalue weighted by molar-refractivity contribution is 7.80. The summed E-state index contributed by atoms with van der Waals surface area (Å²) in [7, 11) is 0. The first-order chi connectivity index (χ1) is 5.59. The highest BCUT2D eigenvalue weighted by Gasteiger charge is 2.22. The second-order valence-corrected chi connectivity index (χ2v) is 4.45. The zero-order chi connectivity index (χ0) is 9.14. The van der Waals surface area contributed by atoms with E-state index in [0.29, 0.717) is 11.0 Å². The normalized spacial score (nSPS) is 31.8. The third-order valence-corrected chi connectivity index (χ3v) is 2.73. The Hall–Kier alpha value is -0.150. The number of nitrogens with zero attached hydrogens (tertiary/aromatic N) is 1. The smallest absolute Gasteiger partial charge is 0.0870 e. The summed E-state index contributed by atoms with van der Waals surface area (Å²) in [6, 6.07) is 0.655. The molecule has 2 nitrogen and oxygen atoms in total. The molecule has 0 aromatic rings. The van der Waals surface area contributed by atoms with Gasteiger partial charge in [-0.1, -0.05) is 19.1 Å². The molecule has 1 fully saturated rings. The summed E-state index contributed by atoms with van der Waals surface area (Å²) >= 11 is 4.90. The molecule has 0 radical (unpaired) electrons. The van der Waals surface area contributed by atoms with Crippen molar-refractivity contribution >= 4 is 17.2 Å². The molecule has 0 saturated carbocycles. The number of hydrogen-bond donors (Lipinski definition) is 1. The Labute approximate surface area is 80.1 Å². The van der Waals surface area contributed by atoms with Crippen molar-refractivity contribution in [3.05, 3.63) is 0 Å². The van der Waals surface area contributed by atoms with Crippen molar-refractivity contribution in [2.45, 2.75) is 32.7 Å². The Kier molecular flexibility index (Phi) is 3.47. The average molecular weight is 186 g/mol. The lowest BCUT2D eigenvalue weighted by Crippen LogP contribution is -2.44. The van der Waals surface area contributed by atoms with Gasteiger partial charge in [-0.15, -0.1) is 0 Å². The molecular weight excluding hydrogens is 168 g/mol. The minimum atomic E-state index is 0.621. The zero-order valence-electron chi connectivity index (χ0n) is 7.92. The lowest BCUT2D eigenvalue weighted by atomic mass is 9.95.